The number of aromatic hydroxyl groups is 2. The summed E-state index contributed by atoms with van der Waals surface area (Å²) in [6.45, 7) is 5.15. The monoisotopic (exact) mass is 239 g/mol. The number of carboxylic acid groups (broad SMARTS) is 1. The number of carboxylic acids is 1. The standard InChI is InChI=1S/C8H11NO2.C4H6O2/c9-4-3-6-1-2-7(10)8(11)5-6;1-3(2)4(5)6/h1-2,5,10-11H,3-4,9H2;1H2,2H3,(H,5,6). The van der Waals surface area contributed by atoms with E-state index in [1.807, 2.05) is 0 Å². The molecule has 0 saturated heterocycles. The Morgan fingerprint density at radius 2 is 1.88 bits per heavy atom. The molecule has 0 bridgehead atoms. The van der Waals surface area contributed by atoms with Crippen molar-refractivity contribution in [2.24, 2.45) is 5.73 Å². The van der Waals surface area contributed by atoms with Gasteiger partial charge in [-0.1, -0.05) is 12.6 Å². The van der Waals surface area contributed by atoms with E-state index in [4.69, 9.17) is 21.1 Å². The van der Waals surface area contributed by atoms with Crippen LogP contribution in [-0.2, 0) is 11.2 Å². The number of hydrogen-bond donors (Lipinski definition) is 4. The van der Waals surface area contributed by atoms with E-state index in [1.54, 1.807) is 6.07 Å². The van der Waals surface area contributed by atoms with E-state index in [0.717, 1.165) is 5.56 Å². The predicted molar refractivity (Wildman–Crippen MR) is 65.0 cm³/mol. The predicted octanol–water partition coefficient (Wildman–Crippen LogP) is 1.25. The quantitative estimate of drug-likeness (QED) is 0.469. The fraction of sp³-hybridized carbons (Fsp3) is 0.250. The van der Waals surface area contributed by atoms with E-state index in [0.29, 0.717) is 13.0 Å². The van der Waals surface area contributed by atoms with Crippen molar-refractivity contribution in [2.75, 3.05) is 6.54 Å². The van der Waals surface area contributed by atoms with Crippen molar-refractivity contribution in [2.45, 2.75) is 13.3 Å². The molecule has 0 aliphatic carbocycles. The van der Waals surface area contributed by atoms with Crippen LogP contribution in [0.5, 0.6) is 11.5 Å². The largest absolute Gasteiger partial charge is 0.504 e. The second kappa shape index (κ2) is 7.29. The molecule has 1 aromatic carbocycles. The SMILES string of the molecule is C=C(C)C(=O)O.NCCc1ccc(O)c(O)c1. The van der Waals surface area contributed by atoms with Gasteiger partial charge in [0.15, 0.2) is 11.5 Å². The zero-order valence-electron chi connectivity index (χ0n) is 9.68. The Bertz CT molecular complexity index is 389. The molecule has 0 unspecified atom stereocenters. The highest BCUT2D eigenvalue weighted by Gasteiger charge is 1.98. The van der Waals surface area contributed by atoms with Crippen molar-refractivity contribution in [3.63, 3.8) is 0 Å². The maximum Gasteiger partial charge on any atom is 0.330 e. The highest BCUT2D eigenvalue weighted by Crippen LogP contribution is 2.24. The maximum absolute atomic E-state index is 9.60. The molecule has 0 radical (unpaired) electrons. The van der Waals surface area contributed by atoms with E-state index < -0.39 is 5.97 Å². The molecule has 0 saturated carbocycles. The van der Waals surface area contributed by atoms with Crippen LogP contribution >= 0.6 is 0 Å². The van der Waals surface area contributed by atoms with Crippen molar-refractivity contribution in [3.8, 4) is 11.5 Å². The summed E-state index contributed by atoms with van der Waals surface area (Å²) >= 11 is 0. The van der Waals surface area contributed by atoms with Gasteiger partial charge < -0.3 is 21.1 Å². The van der Waals surface area contributed by atoms with Crippen molar-refractivity contribution >= 4 is 5.97 Å². The summed E-state index contributed by atoms with van der Waals surface area (Å²) in [6.07, 6.45) is 0.716. The average molecular weight is 239 g/mol. The van der Waals surface area contributed by atoms with E-state index in [2.05, 4.69) is 6.58 Å². The molecule has 0 fully saturated rings. The molecule has 17 heavy (non-hydrogen) atoms. The molecule has 0 atom stereocenters. The lowest BCUT2D eigenvalue weighted by molar-refractivity contribution is -0.132. The third-order valence-corrected chi connectivity index (χ3v) is 1.84. The van der Waals surface area contributed by atoms with Gasteiger partial charge in [0.25, 0.3) is 0 Å². The summed E-state index contributed by atoms with van der Waals surface area (Å²) < 4.78 is 0. The molecule has 94 valence electrons. The number of phenolic OH excluding ortho intramolecular Hbond substituents is 2. The first-order valence-corrected chi connectivity index (χ1v) is 4.98. The minimum Gasteiger partial charge on any atom is -0.504 e. The van der Waals surface area contributed by atoms with E-state index >= 15 is 0 Å². The van der Waals surface area contributed by atoms with Gasteiger partial charge >= 0.3 is 5.97 Å². The minimum absolute atomic E-state index is 0.0871. The normalized spacial score (nSPS) is 9.06. The number of benzene rings is 1. The molecule has 1 rings (SSSR count). The van der Waals surface area contributed by atoms with Crippen molar-refractivity contribution in [3.05, 3.63) is 35.9 Å². The van der Waals surface area contributed by atoms with Crippen molar-refractivity contribution in [1.82, 2.24) is 0 Å². The molecule has 5 nitrogen and oxygen atoms in total. The fourth-order valence-corrected chi connectivity index (χ4v) is 0.891. The Hall–Kier alpha value is -2.01. The van der Waals surface area contributed by atoms with Crippen molar-refractivity contribution < 1.29 is 20.1 Å². The topological polar surface area (TPSA) is 104 Å². The van der Waals surface area contributed by atoms with Crippen molar-refractivity contribution in [1.29, 1.82) is 0 Å². The highest BCUT2D eigenvalue weighted by molar-refractivity contribution is 5.84. The molecule has 0 aromatic heterocycles. The van der Waals surface area contributed by atoms with Crippen LogP contribution in [-0.4, -0.2) is 27.8 Å². The lowest BCUT2D eigenvalue weighted by Crippen LogP contribution is -2.02. The van der Waals surface area contributed by atoms with Gasteiger partial charge in [-0.25, -0.2) is 4.79 Å². The van der Waals surface area contributed by atoms with Crippen LogP contribution in [0.25, 0.3) is 0 Å². The molecule has 5 heteroatoms. The van der Waals surface area contributed by atoms with E-state index in [9.17, 15) is 4.79 Å². The number of rotatable bonds is 3. The van der Waals surface area contributed by atoms with Gasteiger partial charge in [0.1, 0.15) is 0 Å². The highest BCUT2D eigenvalue weighted by atomic mass is 16.4. The van der Waals surface area contributed by atoms with Crippen LogP contribution in [0.1, 0.15) is 12.5 Å². The molecule has 0 spiro atoms. The Morgan fingerprint density at radius 1 is 1.35 bits per heavy atom. The van der Waals surface area contributed by atoms with Gasteiger partial charge in [-0.05, 0) is 37.6 Å². The third-order valence-electron chi connectivity index (χ3n) is 1.84. The second-order valence-electron chi connectivity index (χ2n) is 3.45. The third kappa shape index (κ3) is 6.21. The van der Waals surface area contributed by atoms with Crippen LogP contribution in [0.3, 0.4) is 0 Å². The zero-order chi connectivity index (χ0) is 13.4. The van der Waals surface area contributed by atoms with Gasteiger partial charge in [-0.15, -0.1) is 0 Å². The number of aliphatic carboxylic acids is 1. The summed E-state index contributed by atoms with van der Waals surface area (Å²) in [5, 5.41) is 25.9. The minimum atomic E-state index is -0.935. The average Bonchev–Trinajstić information content (AvgIpc) is 2.25. The van der Waals surface area contributed by atoms with Crippen LogP contribution < -0.4 is 5.73 Å². The van der Waals surface area contributed by atoms with Gasteiger partial charge in [-0.2, -0.15) is 0 Å². The number of carbonyl (C=O) groups is 1. The van der Waals surface area contributed by atoms with Gasteiger partial charge in [0, 0.05) is 5.57 Å². The first kappa shape index (κ1) is 15.0. The second-order valence-corrected chi connectivity index (χ2v) is 3.45. The van der Waals surface area contributed by atoms with Crippen LogP contribution in [0.2, 0.25) is 0 Å². The molecule has 0 aliphatic rings. The summed E-state index contributed by atoms with van der Waals surface area (Å²) in [7, 11) is 0. The van der Waals surface area contributed by atoms with Crippen LogP contribution in [0.15, 0.2) is 30.4 Å². The first-order valence-electron chi connectivity index (χ1n) is 4.98. The first-order chi connectivity index (χ1) is 7.88. The molecular formula is C12H17NO4. The molecule has 0 amide bonds. The Balaban J connectivity index is 0.000000366. The fourth-order valence-electron chi connectivity index (χ4n) is 0.891. The zero-order valence-corrected chi connectivity index (χ0v) is 9.68. The molecular weight excluding hydrogens is 222 g/mol. The van der Waals surface area contributed by atoms with Crippen LogP contribution in [0, 0.1) is 0 Å². The number of phenols is 2. The molecule has 5 N–H and O–H groups in total. The lowest BCUT2D eigenvalue weighted by Gasteiger charge is -2.00. The Labute approximate surface area is 99.8 Å². The van der Waals surface area contributed by atoms with Gasteiger partial charge in [0.05, 0.1) is 0 Å². The molecule has 0 heterocycles. The Kier molecular flexibility index (Phi) is 6.43. The molecule has 0 aliphatic heterocycles. The lowest BCUT2D eigenvalue weighted by atomic mass is 10.1. The summed E-state index contributed by atoms with van der Waals surface area (Å²) in [6, 6.07) is 4.71. The van der Waals surface area contributed by atoms with Gasteiger partial charge in [-0.3, -0.25) is 0 Å². The maximum atomic E-state index is 9.60. The van der Waals surface area contributed by atoms with E-state index in [1.165, 1.54) is 19.1 Å². The number of nitrogens with two attached hydrogens (primary N) is 1. The van der Waals surface area contributed by atoms with Gasteiger partial charge in [0.2, 0.25) is 0 Å². The summed E-state index contributed by atoms with van der Waals surface area (Å²) in [5.41, 5.74) is 6.41. The summed E-state index contributed by atoms with van der Waals surface area (Å²) in [5.74, 6) is -1.11. The van der Waals surface area contributed by atoms with E-state index in [-0.39, 0.29) is 17.1 Å². The molecule has 1 aromatic rings. The Morgan fingerprint density at radius 3 is 2.24 bits per heavy atom. The summed E-state index contributed by atoms with van der Waals surface area (Å²) in [4.78, 5) is 9.60. The smallest absolute Gasteiger partial charge is 0.330 e. The number of hydrogen-bond acceptors (Lipinski definition) is 4. The van der Waals surface area contributed by atoms with Crippen LogP contribution in [0.4, 0.5) is 0 Å².